The van der Waals surface area contributed by atoms with Crippen molar-refractivity contribution in [3.8, 4) is 5.75 Å². The molecule has 0 heterocycles. The second-order valence-corrected chi connectivity index (χ2v) is 4.25. The van der Waals surface area contributed by atoms with Gasteiger partial charge in [0.05, 0.1) is 7.11 Å². The highest BCUT2D eigenvalue weighted by Crippen LogP contribution is 2.25. The van der Waals surface area contributed by atoms with Gasteiger partial charge in [0.2, 0.25) is 0 Å². The third-order valence-corrected chi connectivity index (χ3v) is 2.76. The molecule has 0 fully saturated rings. The average molecular weight is 244 g/mol. The van der Waals surface area contributed by atoms with E-state index in [2.05, 4.69) is 5.32 Å². The van der Waals surface area contributed by atoms with Crippen LogP contribution in [0.4, 0.5) is 0 Å². The van der Waals surface area contributed by atoms with Gasteiger partial charge in [-0.05, 0) is 18.1 Å². The molecule has 90 valence electrons. The van der Waals surface area contributed by atoms with Crippen molar-refractivity contribution in [2.45, 2.75) is 13.5 Å². The van der Waals surface area contributed by atoms with Gasteiger partial charge in [0.15, 0.2) is 0 Å². The highest BCUT2D eigenvalue weighted by molar-refractivity contribution is 6.31. The van der Waals surface area contributed by atoms with Crippen LogP contribution in [0.25, 0.3) is 0 Å². The Kier molecular flexibility index (Phi) is 5.60. The number of nitrogens with one attached hydrogen (secondary N) is 1. The molecule has 0 aliphatic carbocycles. The third-order valence-electron chi connectivity index (χ3n) is 2.40. The number of halogens is 1. The van der Waals surface area contributed by atoms with Crippen molar-refractivity contribution < 1.29 is 9.84 Å². The van der Waals surface area contributed by atoms with E-state index in [0.29, 0.717) is 11.6 Å². The number of hydrogen-bond donors (Lipinski definition) is 2. The van der Waals surface area contributed by atoms with E-state index >= 15 is 0 Å². The first-order valence-electron chi connectivity index (χ1n) is 5.32. The van der Waals surface area contributed by atoms with Crippen molar-refractivity contribution in [3.63, 3.8) is 0 Å². The number of aliphatic hydroxyl groups excluding tert-OH is 1. The van der Waals surface area contributed by atoms with Crippen LogP contribution in [0, 0.1) is 5.92 Å². The van der Waals surface area contributed by atoms with Gasteiger partial charge in [0.1, 0.15) is 5.75 Å². The zero-order chi connectivity index (χ0) is 12.0. The summed E-state index contributed by atoms with van der Waals surface area (Å²) in [5, 5.41) is 12.8. The van der Waals surface area contributed by atoms with Crippen molar-refractivity contribution >= 4 is 11.6 Å². The largest absolute Gasteiger partial charge is 0.496 e. The lowest BCUT2D eigenvalue weighted by molar-refractivity contribution is 0.233. The monoisotopic (exact) mass is 243 g/mol. The molecule has 1 unspecified atom stereocenters. The number of ether oxygens (including phenoxy) is 1. The van der Waals surface area contributed by atoms with Crippen molar-refractivity contribution in [1.82, 2.24) is 5.32 Å². The maximum Gasteiger partial charge on any atom is 0.124 e. The molecule has 0 radical (unpaired) electrons. The van der Waals surface area contributed by atoms with Gasteiger partial charge in [-0.1, -0.05) is 24.6 Å². The van der Waals surface area contributed by atoms with Gasteiger partial charge in [-0.15, -0.1) is 0 Å². The molecule has 0 aromatic heterocycles. The van der Waals surface area contributed by atoms with E-state index in [-0.39, 0.29) is 12.5 Å². The SMILES string of the molecule is COc1cccc(Cl)c1CNCC(C)CO. The van der Waals surface area contributed by atoms with Crippen LogP contribution in [-0.4, -0.2) is 25.4 Å². The van der Waals surface area contributed by atoms with Crippen LogP contribution in [0.15, 0.2) is 18.2 Å². The number of benzene rings is 1. The summed E-state index contributed by atoms with van der Waals surface area (Å²) < 4.78 is 5.24. The first kappa shape index (κ1) is 13.3. The van der Waals surface area contributed by atoms with E-state index < -0.39 is 0 Å². The van der Waals surface area contributed by atoms with Gasteiger partial charge in [-0.25, -0.2) is 0 Å². The number of methoxy groups -OCH3 is 1. The molecule has 1 aromatic rings. The van der Waals surface area contributed by atoms with E-state index in [1.807, 2.05) is 25.1 Å². The molecule has 0 aliphatic heterocycles. The Morgan fingerprint density at radius 1 is 1.50 bits per heavy atom. The smallest absolute Gasteiger partial charge is 0.124 e. The number of rotatable bonds is 6. The van der Waals surface area contributed by atoms with Crippen molar-refractivity contribution in [2.75, 3.05) is 20.3 Å². The third kappa shape index (κ3) is 3.67. The zero-order valence-electron chi connectivity index (χ0n) is 9.66. The highest BCUT2D eigenvalue weighted by atomic mass is 35.5. The quantitative estimate of drug-likeness (QED) is 0.804. The van der Waals surface area contributed by atoms with Gasteiger partial charge in [0, 0.05) is 30.3 Å². The Bertz CT molecular complexity index is 331. The van der Waals surface area contributed by atoms with Gasteiger partial charge in [0.25, 0.3) is 0 Å². The summed E-state index contributed by atoms with van der Waals surface area (Å²) in [7, 11) is 1.63. The Morgan fingerprint density at radius 2 is 2.25 bits per heavy atom. The maximum absolute atomic E-state index is 8.90. The summed E-state index contributed by atoms with van der Waals surface area (Å²) in [6.45, 7) is 3.57. The average Bonchev–Trinajstić information content (AvgIpc) is 2.30. The Hall–Kier alpha value is -0.770. The van der Waals surface area contributed by atoms with E-state index in [0.717, 1.165) is 17.9 Å². The molecule has 16 heavy (non-hydrogen) atoms. The zero-order valence-corrected chi connectivity index (χ0v) is 10.4. The molecule has 0 saturated heterocycles. The Morgan fingerprint density at radius 3 is 2.88 bits per heavy atom. The van der Waals surface area contributed by atoms with Crippen LogP contribution >= 0.6 is 11.6 Å². The van der Waals surface area contributed by atoms with Crippen molar-refractivity contribution in [3.05, 3.63) is 28.8 Å². The van der Waals surface area contributed by atoms with E-state index in [1.165, 1.54) is 0 Å². The van der Waals surface area contributed by atoms with E-state index in [1.54, 1.807) is 7.11 Å². The summed E-state index contributed by atoms with van der Waals surface area (Å²) in [5.41, 5.74) is 0.955. The highest BCUT2D eigenvalue weighted by Gasteiger charge is 2.07. The molecule has 3 nitrogen and oxygen atoms in total. The molecule has 4 heteroatoms. The van der Waals surface area contributed by atoms with E-state index in [9.17, 15) is 0 Å². The molecular weight excluding hydrogens is 226 g/mol. The minimum absolute atomic E-state index is 0.187. The molecule has 2 N–H and O–H groups in total. The van der Waals surface area contributed by atoms with Gasteiger partial charge < -0.3 is 15.2 Å². The summed E-state index contributed by atoms with van der Waals surface area (Å²) in [4.78, 5) is 0. The van der Waals surface area contributed by atoms with Crippen LogP contribution < -0.4 is 10.1 Å². The number of aliphatic hydroxyl groups is 1. The van der Waals surface area contributed by atoms with Gasteiger partial charge in [-0.2, -0.15) is 0 Å². The molecule has 0 saturated carbocycles. The topological polar surface area (TPSA) is 41.5 Å². The molecule has 1 aromatic carbocycles. The van der Waals surface area contributed by atoms with Crippen molar-refractivity contribution in [2.24, 2.45) is 5.92 Å². The summed E-state index contributed by atoms with van der Waals surface area (Å²) in [5.74, 6) is 1.03. The maximum atomic E-state index is 8.90. The standard InChI is InChI=1S/C12H18ClNO2/c1-9(8-15)6-14-7-10-11(13)4-3-5-12(10)16-2/h3-5,9,14-15H,6-8H2,1-2H3. The van der Waals surface area contributed by atoms with Crippen LogP contribution in [0.2, 0.25) is 5.02 Å². The van der Waals surface area contributed by atoms with Crippen LogP contribution in [0.1, 0.15) is 12.5 Å². The summed E-state index contributed by atoms with van der Waals surface area (Å²) >= 11 is 6.09. The molecule has 0 amide bonds. The fraction of sp³-hybridized carbons (Fsp3) is 0.500. The van der Waals surface area contributed by atoms with Crippen LogP contribution in [0.5, 0.6) is 5.75 Å². The fourth-order valence-corrected chi connectivity index (χ4v) is 1.64. The molecule has 1 atom stereocenters. The second kappa shape index (κ2) is 6.74. The Labute approximate surface area is 101 Å². The fourth-order valence-electron chi connectivity index (χ4n) is 1.41. The Balaban J connectivity index is 2.59. The molecule has 0 aliphatic rings. The molecule has 0 bridgehead atoms. The summed E-state index contributed by atoms with van der Waals surface area (Å²) in [6.07, 6.45) is 0. The first-order chi connectivity index (χ1) is 7.69. The van der Waals surface area contributed by atoms with Gasteiger partial charge >= 0.3 is 0 Å². The number of hydrogen-bond acceptors (Lipinski definition) is 3. The predicted octanol–water partition coefficient (Wildman–Crippen LogP) is 2.07. The minimum atomic E-state index is 0.187. The minimum Gasteiger partial charge on any atom is -0.496 e. The summed E-state index contributed by atoms with van der Waals surface area (Å²) in [6, 6.07) is 5.59. The lowest BCUT2D eigenvalue weighted by atomic mass is 10.1. The van der Waals surface area contributed by atoms with E-state index in [4.69, 9.17) is 21.4 Å². The normalized spacial score (nSPS) is 12.5. The lowest BCUT2D eigenvalue weighted by Crippen LogP contribution is -2.23. The predicted molar refractivity (Wildman–Crippen MR) is 66.0 cm³/mol. The molecular formula is C12H18ClNO2. The molecule has 1 rings (SSSR count). The lowest BCUT2D eigenvalue weighted by Gasteiger charge is -2.13. The van der Waals surface area contributed by atoms with Crippen LogP contribution in [-0.2, 0) is 6.54 Å². The van der Waals surface area contributed by atoms with Crippen LogP contribution in [0.3, 0.4) is 0 Å². The van der Waals surface area contributed by atoms with Gasteiger partial charge in [-0.3, -0.25) is 0 Å². The van der Waals surface area contributed by atoms with Crippen molar-refractivity contribution in [1.29, 1.82) is 0 Å². The second-order valence-electron chi connectivity index (χ2n) is 3.84. The first-order valence-corrected chi connectivity index (χ1v) is 5.69. The molecule has 0 spiro atoms.